The van der Waals surface area contributed by atoms with Gasteiger partial charge in [-0.2, -0.15) is 0 Å². The summed E-state index contributed by atoms with van der Waals surface area (Å²) in [7, 11) is 0. The van der Waals surface area contributed by atoms with Gasteiger partial charge in [0.15, 0.2) is 5.78 Å². The summed E-state index contributed by atoms with van der Waals surface area (Å²) in [5.74, 6) is 0.541. The van der Waals surface area contributed by atoms with Crippen molar-refractivity contribution in [2.45, 2.75) is 12.8 Å². The maximum atomic E-state index is 11.5. The first kappa shape index (κ1) is 8.73. The standard InChI is InChI=1S/C8H6BrClOS/c9-5-3-6(12-8(5)10)7(11)4-1-2-4/h3-4H,1-2H2. The average Bonchev–Trinajstić information content (AvgIpc) is 2.80. The topological polar surface area (TPSA) is 17.1 Å². The fourth-order valence-electron chi connectivity index (χ4n) is 1.01. The molecule has 1 nitrogen and oxygen atoms in total. The van der Waals surface area contributed by atoms with Crippen molar-refractivity contribution in [1.29, 1.82) is 0 Å². The van der Waals surface area contributed by atoms with Crippen LogP contribution in [0.4, 0.5) is 0 Å². The van der Waals surface area contributed by atoms with Crippen molar-refractivity contribution in [3.63, 3.8) is 0 Å². The molecule has 0 bridgehead atoms. The normalized spacial score (nSPS) is 16.5. The van der Waals surface area contributed by atoms with Gasteiger partial charge in [0.1, 0.15) is 4.34 Å². The molecule has 1 aliphatic carbocycles. The number of thiophene rings is 1. The van der Waals surface area contributed by atoms with E-state index in [1.807, 2.05) is 6.07 Å². The van der Waals surface area contributed by atoms with Crippen LogP contribution in [0, 0.1) is 5.92 Å². The number of ketones is 1. The van der Waals surface area contributed by atoms with Gasteiger partial charge < -0.3 is 0 Å². The van der Waals surface area contributed by atoms with E-state index in [1.54, 1.807) is 0 Å². The van der Waals surface area contributed by atoms with Gasteiger partial charge in [0.05, 0.1) is 4.88 Å². The summed E-state index contributed by atoms with van der Waals surface area (Å²) in [4.78, 5) is 12.3. The highest BCUT2D eigenvalue weighted by Crippen LogP contribution is 2.38. The lowest BCUT2D eigenvalue weighted by atomic mass is 10.2. The van der Waals surface area contributed by atoms with Crippen molar-refractivity contribution in [3.05, 3.63) is 19.8 Å². The van der Waals surface area contributed by atoms with E-state index in [-0.39, 0.29) is 11.7 Å². The van der Waals surface area contributed by atoms with Gasteiger partial charge in [-0.3, -0.25) is 4.79 Å². The number of halogens is 2. The Labute approximate surface area is 87.9 Å². The monoisotopic (exact) mass is 264 g/mol. The summed E-state index contributed by atoms with van der Waals surface area (Å²) in [6, 6.07) is 1.81. The van der Waals surface area contributed by atoms with Crippen LogP contribution in [0.3, 0.4) is 0 Å². The summed E-state index contributed by atoms with van der Waals surface area (Å²) in [5, 5.41) is 0. The van der Waals surface area contributed by atoms with Crippen LogP contribution in [0.25, 0.3) is 0 Å². The molecule has 1 aromatic heterocycles. The maximum absolute atomic E-state index is 11.5. The molecule has 4 heteroatoms. The van der Waals surface area contributed by atoms with Gasteiger partial charge in [0.2, 0.25) is 0 Å². The van der Waals surface area contributed by atoms with E-state index < -0.39 is 0 Å². The van der Waals surface area contributed by atoms with Crippen molar-refractivity contribution < 1.29 is 4.79 Å². The highest BCUT2D eigenvalue weighted by molar-refractivity contribution is 9.10. The lowest BCUT2D eigenvalue weighted by molar-refractivity contribution is 0.0971. The lowest BCUT2D eigenvalue weighted by Gasteiger charge is -1.89. The summed E-state index contributed by atoms with van der Waals surface area (Å²) in [5.41, 5.74) is 0. The summed E-state index contributed by atoms with van der Waals surface area (Å²) < 4.78 is 1.50. The molecule has 0 amide bonds. The molecule has 1 saturated carbocycles. The van der Waals surface area contributed by atoms with Crippen LogP contribution in [-0.2, 0) is 0 Å². The molecule has 0 saturated heterocycles. The molecule has 0 radical (unpaired) electrons. The van der Waals surface area contributed by atoms with E-state index in [2.05, 4.69) is 15.9 Å². The van der Waals surface area contributed by atoms with Gasteiger partial charge in [0, 0.05) is 10.4 Å². The Kier molecular flexibility index (Phi) is 2.27. The van der Waals surface area contributed by atoms with Crippen LogP contribution in [0.2, 0.25) is 4.34 Å². The zero-order valence-corrected chi connectivity index (χ0v) is 9.30. The zero-order valence-electron chi connectivity index (χ0n) is 6.14. The Morgan fingerprint density at radius 1 is 1.67 bits per heavy atom. The van der Waals surface area contributed by atoms with Crippen LogP contribution in [0.15, 0.2) is 10.5 Å². The SMILES string of the molecule is O=C(c1cc(Br)c(Cl)s1)C1CC1. The van der Waals surface area contributed by atoms with E-state index in [1.165, 1.54) is 11.3 Å². The Hall–Kier alpha value is 0.140. The smallest absolute Gasteiger partial charge is 0.175 e. The quantitative estimate of drug-likeness (QED) is 0.744. The molecular formula is C8H6BrClOS. The fourth-order valence-corrected chi connectivity index (χ4v) is 2.74. The molecule has 0 atom stereocenters. The summed E-state index contributed by atoms with van der Waals surface area (Å²) in [6.07, 6.45) is 2.10. The summed E-state index contributed by atoms with van der Waals surface area (Å²) in [6.45, 7) is 0. The molecule has 2 rings (SSSR count). The zero-order chi connectivity index (χ0) is 8.72. The molecule has 0 aromatic carbocycles. The number of hydrogen-bond donors (Lipinski definition) is 0. The Morgan fingerprint density at radius 2 is 2.33 bits per heavy atom. The van der Waals surface area contributed by atoms with E-state index in [0.717, 1.165) is 22.2 Å². The largest absolute Gasteiger partial charge is 0.293 e. The van der Waals surface area contributed by atoms with E-state index in [9.17, 15) is 4.79 Å². The van der Waals surface area contributed by atoms with Crippen molar-refractivity contribution in [2.24, 2.45) is 5.92 Å². The third kappa shape index (κ3) is 1.58. The number of carbonyl (C=O) groups excluding carboxylic acids is 1. The predicted octanol–water partition coefficient (Wildman–Crippen LogP) is 3.76. The Balaban J connectivity index is 2.27. The second-order valence-corrected chi connectivity index (χ2v) is 5.38. The average molecular weight is 266 g/mol. The number of hydrogen-bond acceptors (Lipinski definition) is 2. The first-order valence-electron chi connectivity index (χ1n) is 3.67. The number of rotatable bonds is 2. The van der Waals surface area contributed by atoms with Gasteiger partial charge in [-0.25, -0.2) is 0 Å². The molecule has 1 aromatic rings. The van der Waals surface area contributed by atoms with E-state index in [4.69, 9.17) is 11.6 Å². The molecule has 1 heterocycles. The van der Waals surface area contributed by atoms with Crippen LogP contribution < -0.4 is 0 Å². The first-order chi connectivity index (χ1) is 5.68. The van der Waals surface area contributed by atoms with Crippen molar-refractivity contribution in [2.75, 3.05) is 0 Å². The molecule has 12 heavy (non-hydrogen) atoms. The molecule has 0 aliphatic heterocycles. The first-order valence-corrected chi connectivity index (χ1v) is 5.66. The number of Topliss-reactive ketones (excluding diaryl/α,β-unsaturated/α-hetero) is 1. The maximum Gasteiger partial charge on any atom is 0.175 e. The van der Waals surface area contributed by atoms with Crippen LogP contribution >= 0.6 is 38.9 Å². The van der Waals surface area contributed by atoms with Crippen molar-refractivity contribution in [1.82, 2.24) is 0 Å². The molecule has 64 valence electrons. The van der Waals surface area contributed by atoms with Gasteiger partial charge in [-0.15, -0.1) is 11.3 Å². The third-order valence-electron chi connectivity index (χ3n) is 1.84. The van der Waals surface area contributed by atoms with Gasteiger partial charge in [-0.1, -0.05) is 11.6 Å². The molecule has 1 aliphatic rings. The predicted molar refractivity (Wildman–Crippen MR) is 54.1 cm³/mol. The van der Waals surface area contributed by atoms with Gasteiger partial charge >= 0.3 is 0 Å². The van der Waals surface area contributed by atoms with Crippen LogP contribution in [-0.4, -0.2) is 5.78 Å². The lowest BCUT2D eigenvalue weighted by Crippen LogP contribution is -1.96. The van der Waals surface area contributed by atoms with Gasteiger partial charge in [0.25, 0.3) is 0 Å². The second kappa shape index (κ2) is 3.13. The molecule has 0 unspecified atom stereocenters. The van der Waals surface area contributed by atoms with Crippen molar-refractivity contribution >= 4 is 44.7 Å². The molecule has 1 fully saturated rings. The Morgan fingerprint density at radius 3 is 2.75 bits per heavy atom. The highest BCUT2D eigenvalue weighted by atomic mass is 79.9. The van der Waals surface area contributed by atoms with E-state index >= 15 is 0 Å². The fraction of sp³-hybridized carbons (Fsp3) is 0.375. The summed E-state index contributed by atoms with van der Waals surface area (Å²) >= 11 is 10.5. The molecule has 0 spiro atoms. The van der Waals surface area contributed by atoms with E-state index in [0.29, 0.717) is 4.34 Å². The van der Waals surface area contributed by atoms with Crippen LogP contribution in [0.5, 0.6) is 0 Å². The van der Waals surface area contributed by atoms with Gasteiger partial charge in [-0.05, 0) is 34.8 Å². The minimum absolute atomic E-state index is 0.257. The van der Waals surface area contributed by atoms with Crippen LogP contribution in [0.1, 0.15) is 22.5 Å². The third-order valence-corrected chi connectivity index (χ3v) is 4.33. The Bertz CT molecular complexity index is 310. The molecular weight excluding hydrogens is 260 g/mol. The highest BCUT2D eigenvalue weighted by Gasteiger charge is 2.31. The second-order valence-electron chi connectivity index (χ2n) is 2.87. The molecule has 0 N–H and O–H groups in total. The minimum atomic E-state index is 0.257. The minimum Gasteiger partial charge on any atom is -0.293 e. The number of carbonyl (C=O) groups is 1. The van der Waals surface area contributed by atoms with Crippen molar-refractivity contribution in [3.8, 4) is 0 Å².